The minimum atomic E-state index is -4.09. The molecule has 3 rings (SSSR count). The molecule has 1 aromatic carbocycles. The van der Waals surface area contributed by atoms with Crippen LogP contribution in [0.1, 0.15) is 34.2 Å². The first-order valence-electron chi connectivity index (χ1n) is 9.39. The van der Waals surface area contributed by atoms with E-state index in [0.717, 1.165) is 22.0 Å². The van der Waals surface area contributed by atoms with Gasteiger partial charge in [0.1, 0.15) is 10.5 Å². The number of aromatic nitrogens is 1. The van der Waals surface area contributed by atoms with Crippen LogP contribution >= 0.6 is 0 Å². The molecular formula is C20H25N3O5S. The number of nitrogens with zero attached hydrogens (tertiary/aromatic N) is 2. The molecule has 0 bridgehead atoms. The lowest BCUT2D eigenvalue weighted by Crippen LogP contribution is -2.40. The number of aryl methyl sites for hydroxylation is 2. The van der Waals surface area contributed by atoms with Gasteiger partial charge in [-0.2, -0.15) is 4.31 Å². The third-order valence-electron chi connectivity index (χ3n) is 5.01. The highest BCUT2D eigenvalue weighted by molar-refractivity contribution is 7.89. The van der Waals surface area contributed by atoms with Gasteiger partial charge in [-0.05, 0) is 38.8 Å². The fourth-order valence-electron chi connectivity index (χ4n) is 3.64. The fourth-order valence-corrected chi connectivity index (χ4v) is 5.17. The van der Waals surface area contributed by atoms with Crippen molar-refractivity contribution in [2.24, 2.45) is 0 Å². The Kier molecular flexibility index (Phi) is 5.81. The monoisotopic (exact) mass is 419 g/mol. The van der Waals surface area contributed by atoms with Crippen molar-refractivity contribution >= 4 is 27.6 Å². The molecule has 1 N–H and O–H groups in total. The second-order valence-corrected chi connectivity index (χ2v) is 8.97. The van der Waals surface area contributed by atoms with Crippen molar-refractivity contribution in [3.63, 3.8) is 0 Å². The second-order valence-electron chi connectivity index (χ2n) is 6.98. The molecule has 156 valence electrons. The predicted molar refractivity (Wildman–Crippen MR) is 109 cm³/mol. The number of esters is 1. The number of aromatic amines is 1. The molecule has 0 aliphatic carbocycles. The van der Waals surface area contributed by atoms with Gasteiger partial charge in [0.25, 0.3) is 0 Å². The first kappa shape index (κ1) is 21.1. The first-order valence-corrected chi connectivity index (χ1v) is 10.8. The molecule has 0 unspecified atom stereocenters. The quantitative estimate of drug-likeness (QED) is 0.722. The van der Waals surface area contributed by atoms with Crippen LogP contribution in [0.5, 0.6) is 0 Å². The molecule has 9 heteroatoms. The molecule has 1 aromatic heterocycles. The molecule has 2 aromatic rings. The summed E-state index contributed by atoms with van der Waals surface area (Å²) in [5, 5.41) is 0. The van der Waals surface area contributed by atoms with E-state index in [-0.39, 0.29) is 29.5 Å². The van der Waals surface area contributed by atoms with Crippen molar-refractivity contribution in [3.05, 3.63) is 46.8 Å². The lowest BCUT2D eigenvalue weighted by atomic mass is 10.2. The van der Waals surface area contributed by atoms with Crippen molar-refractivity contribution in [1.82, 2.24) is 9.29 Å². The van der Waals surface area contributed by atoms with E-state index in [1.165, 1.54) is 7.05 Å². The Morgan fingerprint density at radius 3 is 2.59 bits per heavy atom. The molecule has 0 saturated heterocycles. The summed E-state index contributed by atoms with van der Waals surface area (Å²) in [6.07, 6.45) is 0.738. The van der Waals surface area contributed by atoms with Gasteiger partial charge in [0, 0.05) is 30.7 Å². The highest BCUT2D eigenvalue weighted by Crippen LogP contribution is 2.29. The Bertz CT molecular complexity index is 1060. The van der Waals surface area contributed by atoms with E-state index >= 15 is 0 Å². The molecule has 8 nitrogen and oxygen atoms in total. The van der Waals surface area contributed by atoms with Crippen LogP contribution in [0.15, 0.2) is 29.2 Å². The number of likely N-dealkylation sites (N-methyl/N-ethyl adjacent to an activating group) is 1. The molecular weight excluding hydrogens is 394 g/mol. The SMILES string of the molecule is CCOC(=O)c1c(C)[nH]c(C)c1S(=O)(=O)N(C)CC(=O)N1CCc2ccccc21. The van der Waals surface area contributed by atoms with E-state index in [2.05, 4.69) is 4.98 Å². The average molecular weight is 420 g/mol. The molecule has 0 radical (unpaired) electrons. The zero-order chi connectivity index (χ0) is 21.3. The van der Waals surface area contributed by atoms with E-state index in [0.29, 0.717) is 17.9 Å². The Labute approximate surface area is 170 Å². The van der Waals surface area contributed by atoms with Gasteiger partial charge in [0.15, 0.2) is 0 Å². The number of hydrogen-bond acceptors (Lipinski definition) is 5. The van der Waals surface area contributed by atoms with Crippen LogP contribution in [0.4, 0.5) is 5.69 Å². The van der Waals surface area contributed by atoms with Gasteiger partial charge in [0.2, 0.25) is 15.9 Å². The number of H-pyrrole nitrogens is 1. The van der Waals surface area contributed by atoms with Crippen molar-refractivity contribution < 1.29 is 22.7 Å². The predicted octanol–water partition coefficient (Wildman–Crippen LogP) is 2.02. The maximum Gasteiger partial charge on any atom is 0.341 e. The number of carbonyl (C=O) groups is 2. The van der Waals surface area contributed by atoms with Crippen LogP contribution in [0.25, 0.3) is 0 Å². The topological polar surface area (TPSA) is 99.8 Å². The second kappa shape index (κ2) is 8.00. The maximum atomic E-state index is 13.2. The summed E-state index contributed by atoms with van der Waals surface area (Å²) < 4.78 is 32.4. The first-order chi connectivity index (χ1) is 13.7. The Morgan fingerprint density at radius 1 is 1.21 bits per heavy atom. The number of amides is 1. The molecule has 2 heterocycles. The lowest BCUT2D eigenvalue weighted by Gasteiger charge is -2.22. The van der Waals surface area contributed by atoms with Gasteiger partial charge in [-0.25, -0.2) is 13.2 Å². The molecule has 1 amide bonds. The molecule has 1 aliphatic rings. The minimum absolute atomic E-state index is 0.0184. The van der Waals surface area contributed by atoms with E-state index in [4.69, 9.17) is 4.74 Å². The molecule has 29 heavy (non-hydrogen) atoms. The molecule has 0 fully saturated rings. The van der Waals surface area contributed by atoms with Gasteiger partial charge in [-0.3, -0.25) is 4.79 Å². The average Bonchev–Trinajstić information content (AvgIpc) is 3.22. The van der Waals surface area contributed by atoms with Gasteiger partial charge in [-0.15, -0.1) is 0 Å². The highest BCUT2D eigenvalue weighted by atomic mass is 32.2. The van der Waals surface area contributed by atoms with Crippen molar-refractivity contribution in [2.45, 2.75) is 32.1 Å². The summed E-state index contributed by atoms with van der Waals surface area (Å²) in [4.78, 5) is 29.5. The lowest BCUT2D eigenvalue weighted by molar-refractivity contribution is -0.118. The van der Waals surface area contributed by atoms with Crippen LogP contribution in [0, 0.1) is 13.8 Å². The van der Waals surface area contributed by atoms with E-state index in [9.17, 15) is 18.0 Å². The number of rotatable bonds is 6. The third-order valence-corrected chi connectivity index (χ3v) is 6.99. The van der Waals surface area contributed by atoms with Crippen LogP contribution in [0.3, 0.4) is 0 Å². The van der Waals surface area contributed by atoms with Gasteiger partial charge >= 0.3 is 5.97 Å². The molecule has 0 spiro atoms. The molecule has 1 aliphatic heterocycles. The van der Waals surface area contributed by atoms with Crippen LogP contribution in [-0.4, -0.2) is 56.3 Å². The summed E-state index contributed by atoms with van der Waals surface area (Å²) in [6, 6.07) is 7.58. The van der Waals surface area contributed by atoms with Gasteiger partial charge < -0.3 is 14.6 Å². The number of benzene rings is 1. The maximum absolute atomic E-state index is 13.2. The van der Waals surface area contributed by atoms with Crippen molar-refractivity contribution in [1.29, 1.82) is 0 Å². The summed E-state index contributed by atoms with van der Waals surface area (Å²) in [5.41, 5.74) is 2.59. The van der Waals surface area contributed by atoms with Crippen LogP contribution < -0.4 is 4.90 Å². The smallest absolute Gasteiger partial charge is 0.341 e. The Balaban J connectivity index is 1.87. The normalized spacial score (nSPS) is 13.6. The number of carbonyl (C=O) groups excluding carboxylic acids is 2. The van der Waals surface area contributed by atoms with E-state index < -0.39 is 16.0 Å². The fraction of sp³-hybridized carbons (Fsp3) is 0.400. The number of hydrogen-bond donors (Lipinski definition) is 1. The van der Waals surface area contributed by atoms with Gasteiger partial charge in [-0.1, -0.05) is 18.2 Å². The number of nitrogens with one attached hydrogen (secondary N) is 1. The summed E-state index contributed by atoms with van der Waals surface area (Å²) in [7, 11) is -2.75. The number of ether oxygens (including phenoxy) is 1. The zero-order valence-corrected chi connectivity index (χ0v) is 17.8. The summed E-state index contributed by atoms with van der Waals surface area (Å²) >= 11 is 0. The molecule has 0 saturated carbocycles. The zero-order valence-electron chi connectivity index (χ0n) is 17.0. The third kappa shape index (κ3) is 3.79. The Morgan fingerprint density at radius 2 is 1.90 bits per heavy atom. The number of para-hydroxylation sites is 1. The number of sulfonamides is 1. The standard InChI is InChI=1S/C20H25N3O5S/c1-5-28-20(25)18-13(2)21-14(3)19(18)29(26,27)22(4)12-17(24)23-11-10-15-8-6-7-9-16(15)23/h6-9,21H,5,10-12H2,1-4H3. The van der Waals surface area contributed by atoms with E-state index in [1.54, 1.807) is 25.7 Å². The highest BCUT2D eigenvalue weighted by Gasteiger charge is 2.35. The van der Waals surface area contributed by atoms with Gasteiger partial charge in [0.05, 0.1) is 13.2 Å². The Hall–Kier alpha value is -2.65. The largest absolute Gasteiger partial charge is 0.462 e. The summed E-state index contributed by atoms with van der Waals surface area (Å²) in [5.74, 6) is -1.02. The number of anilines is 1. The molecule has 0 atom stereocenters. The number of fused-ring (bicyclic) bond motifs is 1. The minimum Gasteiger partial charge on any atom is -0.462 e. The van der Waals surface area contributed by atoms with Crippen LogP contribution in [0.2, 0.25) is 0 Å². The van der Waals surface area contributed by atoms with Crippen LogP contribution in [-0.2, 0) is 26.0 Å². The van der Waals surface area contributed by atoms with Crippen molar-refractivity contribution in [2.75, 3.05) is 31.6 Å². The van der Waals surface area contributed by atoms with Crippen molar-refractivity contribution in [3.8, 4) is 0 Å². The summed E-state index contributed by atoms with van der Waals surface area (Å²) in [6.45, 7) is 5.16. The van der Waals surface area contributed by atoms with E-state index in [1.807, 2.05) is 24.3 Å².